The number of nitrogens with one attached hydrogen (secondary N) is 2. The second-order valence-corrected chi connectivity index (χ2v) is 6.67. The lowest BCUT2D eigenvalue weighted by molar-refractivity contribution is 0.602. The number of sulfonamides is 1. The first-order valence-corrected chi connectivity index (χ1v) is 8.09. The van der Waals surface area contributed by atoms with Gasteiger partial charge in [-0.1, -0.05) is 17.7 Å². The van der Waals surface area contributed by atoms with Crippen molar-refractivity contribution in [1.82, 2.24) is 5.32 Å². The van der Waals surface area contributed by atoms with Crippen molar-refractivity contribution in [1.29, 1.82) is 0 Å². The summed E-state index contributed by atoms with van der Waals surface area (Å²) in [5.41, 5.74) is 1.41. The van der Waals surface area contributed by atoms with Gasteiger partial charge in [0.1, 0.15) is 5.84 Å². The van der Waals surface area contributed by atoms with Crippen LogP contribution in [0.1, 0.15) is 12.5 Å². The van der Waals surface area contributed by atoms with E-state index in [1.807, 2.05) is 6.07 Å². The molecule has 0 spiro atoms. The van der Waals surface area contributed by atoms with Crippen LogP contribution < -0.4 is 10.0 Å². The number of rotatable bonds is 5. The number of anilines is 1. The third-order valence-electron chi connectivity index (χ3n) is 2.79. The molecule has 1 aromatic rings. The fourth-order valence-electron chi connectivity index (χ4n) is 1.75. The number of nitrogens with zero attached hydrogens (tertiary/aromatic N) is 1. The molecule has 5 nitrogen and oxygen atoms in total. The molecule has 2 rings (SSSR count). The zero-order chi connectivity index (χ0) is 13.9. The summed E-state index contributed by atoms with van der Waals surface area (Å²) in [4.78, 5) is 4.31. The second kappa shape index (κ2) is 5.79. The first-order chi connectivity index (χ1) is 9.00. The maximum atomic E-state index is 11.5. The van der Waals surface area contributed by atoms with Crippen molar-refractivity contribution < 1.29 is 8.42 Å². The zero-order valence-electron chi connectivity index (χ0n) is 10.6. The molecule has 0 fully saturated rings. The summed E-state index contributed by atoms with van der Waals surface area (Å²) in [6, 6.07) is 5.29. The molecule has 0 atom stereocenters. The Balaban J connectivity index is 2.12. The number of aliphatic imine (C=N–C) groups is 1. The zero-order valence-corrected chi connectivity index (χ0v) is 12.2. The number of hydrogen-bond acceptors (Lipinski definition) is 4. The molecule has 19 heavy (non-hydrogen) atoms. The van der Waals surface area contributed by atoms with Gasteiger partial charge in [-0.05, 0) is 24.6 Å². The van der Waals surface area contributed by atoms with E-state index in [9.17, 15) is 8.42 Å². The van der Waals surface area contributed by atoms with Gasteiger partial charge in [0, 0.05) is 13.0 Å². The van der Waals surface area contributed by atoms with Gasteiger partial charge < -0.3 is 5.32 Å². The van der Waals surface area contributed by atoms with E-state index in [0.29, 0.717) is 17.1 Å². The van der Waals surface area contributed by atoms with E-state index in [1.165, 1.54) is 0 Å². The Bertz CT molecular complexity index is 599. The van der Waals surface area contributed by atoms with E-state index < -0.39 is 10.0 Å². The highest BCUT2D eigenvalue weighted by Gasteiger charge is 2.11. The highest BCUT2D eigenvalue weighted by atomic mass is 35.5. The molecule has 1 aliphatic heterocycles. The Labute approximate surface area is 118 Å². The molecular formula is C12H16ClN3O2S. The predicted molar refractivity (Wildman–Crippen MR) is 78.5 cm³/mol. The van der Waals surface area contributed by atoms with Gasteiger partial charge in [0.05, 0.1) is 23.0 Å². The minimum atomic E-state index is -3.30. The molecule has 0 saturated carbocycles. The largest absolute Gasteiger partial charge is 0.372 e. The van der Waals surface area contributed by atoms with Crippen LogP contribution in [-0.2, 0) is 16.4 Å². The predicted octanol–water partition coefficient (Wildman–Crippen LogP) is 1.65. The van der Waals surface area contributed by atoms with Crippen LogP contribution in [0.25, 0.3) is 0 Å². The number of benzene rings is 1. The summed E-state index contributed by atoms with van der Waals surface area (Å²) in [5, 5.41) is 3.58. The average molecular weight is 302 g/mol. The number of halogens is 1. The number of amidine groups is 1. The van der Waals surface area contributed by atoms with Crippen molar-refractivity contribution in [3.05, 3.63) is 28.8 Å². The van der Waals surface area contributed by atoms with Gasteiger partial charge in [-0.25, -0.2) is 8.42 Å². The molecule has 0 unspecified atom stereocenters. The minimum Gasteiger partial charge on any atom is -0.372 e. The van der Waals surface area contributed by atoms with Crippen LogP contribution in [0.2, 0.25) is 5.02 Å². The fourth-order valence-corrected chi connectivity index (χ4v) is 2.71. The molecule has 1 heterocycles. The van der Waals surface area contributed by atoms with Crippen molar-refractivity contribution in [3.8, 4) is 0 Å². The van der Waals surface area contributed by atoms with Gasteiger partial charge in [-0.2, -0.15) is 0 Å². The molecule has 0 radical (unpaired) electrons. The second-order valence-electron chi connectivity index (χ2n) is 4.25. The molecule has 104 valence electrons. The van der Waals surface area contributed by atoms with Crippen LogP contribution in [0.15, 0.2) is 23.2 Å². The molecule has 0 bridgehead atoms. The van der Waals surface area contributed by atoms with Gasteiger partial charge in [0.2, 0.25) is 10.0 Å². The first-order valence-electron chi connectivity index (χ1n) is 6.06. The fraction of sp³-hybridized carbons (Fsp3) is 0.417. The van der Waals surface area contributed by atoms with Crippen molar-refractivity contribution >= 4 is 33.1 Å². The molecular weight excluding hydrogens is 286 g/mol. The lowest BCUT2D eigenvalue weighted by atomic mass is 10.1. The molecule has 0 amide bonds. The van der Waals surface area contributed by atoms with Crippen LogP contribution in [0, 0.1) is 0 Å². The van der Waals surface area contributed by atoms with E-state index in [2.05, 4.69) is 15.0 Å². The molecule has 1 aromatic carbocycles. The molecule has 0 aromatic heterocycles. The Morgan fingerprint density at radius 2 is 2.26 bits per heavy atom. The normalized spacial score (nSPS) is 14.9. The van der Waals surface area contributed by atoms with Crippen LogP contribution >= 0.6 is 11.6 Å². The maximum Gasteiger partial charge on any atom is 0.232 e. The molecule has 0 aliphatic carbocycles. The standard InChI is InChI=1S/C12H16ClN3O2S/c1-2-19(17,18)16-11-4-3-9(7-10(11)13)8-12-14-5-6-15-12/h3-4,7,16H,2,5-6,8H2,1H3,(H,14,15). The molecule has 7 heteroatoms. The van der Waals surface area contributed by atoms with Gasteiger partial charge in [0.25, 0.3) is 0 Å². The van der Waals surface area contributed by atoms with E-state index in [0.717, 1.165) is 24.5 Å². The lowest BCUT2D eigenvalue weighted by Gasteiger charge is -2.10. The third-order valence-corrected chi connectivity index (χ3v) is 4.40. The highest BCUT2D eigenvalue weighted by Crippen LogP contribution is 2.24. The van der Waals surface area contributed by atoms with Crippen molar-refractivity contribution in [2.45, 2.75) is 13.3 Å². The summed E-state index contributed by atoms with van der Waals surface area (Å²) >= 11 is 6.09. The maximum absolute atomic E-state index is 11.5. The summed E-state index contributed by atoms with van der Waals surface area (Å²) in [5.74, 6) is 0.962. The first kappa shape index (κ1) is 14.1. The van der Waals surface area contributed by atoms with E-state index in [1.54, 1.807) is 19.1 Å². The topological polar surface area (TPSA) is 70.6 Å². The molecule has 2 N–H and O–H groups in total. The minimum absolute atomic E-state index is 0.0196. The van der Waals surface area contributed by atoms with E-state index in [-0.39, 0.29) is 5.75 Å². The Hall–Kier alpha value is -1.27. The van der Waals surface area contributed by atoms with Gasteiger partial charge in [-0.3, -0.25) is 9.71 Å². The van der Waals surface area contributed by atoms with E-state index >= 15 is 0 Å². The Morgan fingerprint density at radius 1 is 1.47 bits per heavy atom. The SMILES string of the molecule is CCS(=O)(=O)Nc1ccc(CC2=NCCN2)cc1Cl. The molecule has 1 aliphatic rings. The summed E-state index contributed by atoms with van der Waals surface area (Å²) < 4.78 is 25.4. The monoisotopic (exact) mass is 301 g/mol. The van der Waals surface area contributed by atoms with Crippen molar-refractivity contribution in [2.24, 2.45) is 4.99 Å². The van der Waals surface area contributed by atoms with Crippen LogP contribution in [0.5, 0.6) is 0 Å². The van der Waals surface area contributed by atoms with Crippen LogP contribution in [-0.4, -0.2) is 33.1 Å². The van der Waals surface area contributed by atoms with Gasteiger partial charge in [0.15, 0.2) is 0 Å². The Kier molecular flexibility index (Phi) is 4.31. The summed E-state index contributed by atoms with van der Waals surface area (Å²) in [6.45, 7) is 3.25. The quantitative estimate of drug-likeness (QED) is 0.868. The third kappa shape index (κ3) is 3.84. The summed E-state index contributed by atoms with van der Waals surface area (Å²) in [6.07, 6.45) is 0.681. The molecule has 0 saturated heterocycles. The highest BCUT2D eigenvalue weighted by molar-refractivity contribution is 7.92. The van der Waals surface area contributed by atoms with Gasteiger partial charge >= 0.3 is 0 Å². The Morgan fingerprint density at radius 3 is 2.84 bits per heavy atom. The number of hydrogen-bond donors (Lipinski definition) is 2. The van der Waals surface area contributed by atoms with Crippen molar-refractivity contribution in [2.75, 3.05) is 23.6 Å². The van der Waals surface area contributed by atoms with E-state index in [4.69, 9.17) is 11.6 Å². The average Bonchev–Trinajstić information content (AvgIpc) is 2.85. The van der Waals surface area contributed by atoms with Crippen LogP contribution in [0.3, 0.4) is 0 Å². The van der Waals surface area contributed by atoms with Crippen LogP contribution in [0.4, 0.5) is 5.69 Å². The summed E-state index contributed by atoms with van der Waals surface area (Å²) in [7, 11) is -3.30. The van der Waals surface area contributed by atoms with Gasteiger partial charge in [-0.15, -0.1) is 0 Å². The lowest BCUT2D eigenvalue weighted by Crippen LogP contribution is -2.20. The smallest absolute Gasteiger partial charge is 0.232 e. The van der Waals surface area contributed by atoms with Crippen molar-refractivity contribution in [3.63, 3.8) is 0 Å².